The number of aliphatic carboxylic acids is 1. The molecule has 156 valence electrons. The number of rotatable bonds is 7. The molecule has 2 aliphatic rings. The first-order valence-corrected chi connectivity index (χ1v) is 10.6. The summed E-state index contributed by atoms with van der Waals surface area (Å²) in [5.41, 5.74) is 7.14. The molecule has 0 aromatic heterocycles. The van der Waals surface area contributed by atoms with E-state index in [1.807, 2.05) is 6.92 Å². The first kappa shape index (κ1) is 22.2. The Morgan fingerprint density at radius 2 is 1.89 bits per heavy atom. The van der Waals surface area contributed by atoms with Gasteiger partial charge in [0.25, 0.3) is 0 Å². The molecule has 1 amide bonds. The van der Waals surface area contributed by atoms with Crippen LogP contribution in [0.1, 0.15) is 58.3 Å². The van der Waals surface area contributed by atoms with Gasteiger partial charge in [-0.15, -0.1) is 0 Å². The van der Waals surface area contributed by atoms with Crippen molar-refractivity contribution in [1.29, 1.82) is 0 Å². The highest BCUT2D eigenvalue weighted by molar-refractivity contribution is 5.94. The smallest absolute Gasteiger partial charge is 0.308 e. The van der Waals surface area contributed by atoms with E-state index in [4.69, 9.17) is 5.73 Å². The molecule has 6 nitrogen and oxygen atoms in total. The van der Waals surface area contributed by atoms with E-state index in [2.05, 4.69) is 4.99 Å². The Labute approximate surface area is 168 Å². The van der Waals surface area contributed by atoms with Crippen molar-refractivity contribution in [2.45, 2.75) is 58.3 Å². The van der Waals surface area contributed by atoms with E-state index in [-0.39, 0.29) is 11.8 Å². The fourth-order valence-corrected chi connectivity index (χ4v) is 4.55. The van der Waals surface area contributed by atoms with Gasteiger partial charge < -0.3 is 15.7 Å². The minimum atomic E-state index is -0.794. The van der Waals surface area contributed by atoms with Crippen molar-refractivity contribution in [1.82, 2.24) is 4.90 Å². The van der Waals surface area contributed by atoms with Crippen LogP contribution in [0, 0.1) is 17.8 Å². The highest BCUT2D eigenvalue weighted by Crippen LogP contribution is 2.37. The lowest BCUT2D eigenvalue weighted by Crippen LogP contribution is -2.48. The Bertz CT molecular complexity index is 633. The molecule has 0 bridgehead atoms. The molecule has 1 aliphatic carbocycles. The maximum atomic E-state index is 13.2. The lowest BCUT2D eigenvalue weighted by Gasteiger charge is -2.41. The van der Waals surface area contributed by atoms with Gasteiger partial charge in [-0.2, -0.15) is 0 Å². The molecule has 1 heterocycles. The first-order valence-electron chi connectivity index (χ1n) is 10.6. The number of nitrogens with two attached hydrogens (primary N) is 1. The number of hydrogen-bond donors (Lipinski definition) is 2. The van der Waals surface area contributed by atoms with Crippen molar-refractivity contribution in [3.8, 4) is 0 Å². The van der Waals surface area contributed by atoms with Crippen molar-refractivity contribution in [3.63, 3.8) is 0 Å². The summed E-state index contributed by atoms with van der Waals surface area (Å²) in [7, 11) is 1.66. The molecular formula is C22H35N3O3. The number of aliphatic imine (C=N–C) groups is 1. The predicted octanol–water partition coefficient (Wildman–Crippen LogP) is 3.39. The second-order valence-electron chi connectivity index (χ2n) is 8.13. The van der Waals surface area contributed by atoms with Crippen LogP contribution < -0.4 is 5.73 Å². The number of carbonyl (C=O) groups is 2. The average molecular weight is 390 g/mol. The van der Waals surface area contributed by atoms with Gasteiger partial charge in [0.05, 0.1) is 5.92 Å². The maximum Gasteiger partial charge on any atom is 0.308 e. The maximum absolute atomic E-state index is 13.2. The zero-order valence-electron chi connectivity index (χ0n) is 17.3. The van der Waals surface area contributed by atoms with Crippen LogP contribution in [0.4, 0.5) is 0 Å². The van der Waals surface area contributed by atoms with Gasteiger partial charge >= 0.3 is 5.97 Å². The molecule has 0 aromatic carbocycles. The summed E-state index contributed by atoms with van der Waals surface area (Å²) in [6, 6.07) is 0. The number of likely N-dealkylation sites (tertiary alicyclic amines) is 1. The third-order valence-electron chi connectivity index (χ3n) is 5.99. The van der Waals surface area contributed by atoms with E-state index in [0.29, 0.717) is 43.1 Å². The number of amides is 1. The van der Waals surface area contributed by atoms with Gasteiger partial charge in [0.2, 0.25) is 5.91 Å². The summed E-state index contributed by atoms with van der Waals surface area (Å²) >= 11 is 0. The van der Waals surface area contributed by atoms with Crippen molar-refractivity contribution in [2.24, 2.45) is 28.5 Å². The second kappa shape index (κ2) is 11.0. The van der Waals surface area contributed by atoms with Crippen molar-refractivity contribution in [3.05, 3.63) is 23.4 Å². The van der Waals surface area contributed by atoms with Gasteiger partial charge in [-0.05, 0) is 36.8 Å². The largest absolute Gasteiger partial charge is 0.481 e. The molecule has 2 rings (SSSR count). The van der Waals surface area contributed by atoms with E-state index in [1.165, 1.54) is 19.3 Å². The Hall–Kier alpha value is -2.11. The number of allylic oxidation sites excluding steroid dienone is 2. The lowest BCUT2D eigenvalue weighted by molar-refractivity contribution is -0.147. The van der Waals surface area contributed by atoms with Crippen LogP contribution in [0.25, 0.3) is 0 Å². The van der Waals surface area contributed by atoms with Crippen molar-refractivity contribution < 1.29 is 14.7 Å². The number of carbonyl (C=O) groups excluding carboxylic acids is 1. The van der Waals surface area contributed by atoms with E-state index >= 15 is 0 Å². The second-order valence-corrected chi connectivity index (χ2v) is 8.13. The van der Waals surface area contributed by atoms with Gasteiger partial charge in [0, 0.05) is 37.6 Å². The average Bonchev–Trinajstić information content (AvgIpc) is 2.71. The van der Waals surface area contributed by atoms with Gasteiger partial charge in [-0.25, -0.2) is 0 Å². The molecular weight excluding hydrogens is 354 g/mol. The van der Waals surface area contributed by atoms with E-state index in [0.717, 1.165) is 19.3 Å². The van der Waals surface area contributed by atoms with Gasteiger partial charge in [0.1, 0.15) is 0 Å². The van der Waals surface area contributed by atoms with Crippen LogP contribution in [0.2, 0.25) is 0 Å². The van der Waals surface area contributed by atoms with Crippen LogP contribution in [0.15, 0.2) is 28.4 Å². The normalized spacial score (nSPS) is 25.3. The number of hydrogen-bond acceptors (Lipinski definition) is 4. The Morgan fingerprint density at radius 3 is 2.50 bits per heavy atom. The van der Waals surface area contributed by atoms with Crippen LogP contribution in [0.3, 0.4) is 0 Å². The molecule has 28 heavy (non-hydrogen) atoms. The molecule has 0 radical (unpaired) electrons. The Balaban J connectivity index is 2.21. The molecule has 0 aromatic rings. The fourth-order valence-electron chi connectivity index (χ4n) is 4.55. The van der Waals surface area contributed by atoms with E-state index < -0.39 is 11.9 Å². The number of carboxylic acid groups (broad SMARTS) is 1. The zero-order valence-corrected chi connectivity index (χ0v) is 17.3. The number of carboxylic acids is 1. The highest BCUT2D eigenvalue weighted by atomic mass is 16.4. The summed E-state index contributed by atoms with van der Waals surface area (Å²) in [5.74, 6) is -0.526. The SMILES string of the molecule is CCC/C(=C\C(N)=C\C=NC)C(=O)N1CC(C(=O)O)CC(C2CCCCC2)C1. The van der Waals surface area contributed by atoms with Gasteiger partial charge in [0.15, 0.2) is 0 Å². The van der Waals surface area contributed by atoms with Crippen LogP contribution in [-0.2, 0) is 9.59 Å². The standard InChI is InChI=1S/C22H35N3O3/c1-3-7-17(13-20(23)10-11-24-2)21(26)25-14-18(12-19(15-25)22(27)28)16-8-5-4-6-9-16/h10-11,13,16,18-19H,3-9,12,14-15,23H2,1-2H3,(H,27,28)/b17-13+,20-10-,24-11?. The molecule has 2 atom stereocenters. The molecule has 0 spiro atoms. The molecule has 1 saturated heterocycles. The molecule has 2 unspecified atom stereocenters. The van der Waals surface area contributed by atoms with Crippen LogP contribution in [-0.4, -0.2) is 48.2 Å². The van der Waals surface area contributed by atoms with Gasteiger partial charge in [-0.3, -0.25) is 14.6 Å². The fraction of sp³-hybridized carbons (Fsp3) is 0.682. The van der Waals surface area contributed by atoms with Crippen molar-refractivity contribution >= 4 is 18.1 Å². The summed E-state index contributed by atoms with van der Waals surface area (Å²) in [4.78, 5) is 30.6. The van der Waals surface area contributed by atoms with Crippen LogP contribution in [0.5, 0.6) is 0 Å². The topological polar surface area (TPSA) is 96.0 Å². The summed E-state index contributed by atoms with van der Waals surface area (Å²) in [6.07, 6.45) is 13.1. The molecule has 3 N–H and O–H groups in total. The van der Waals surface area contributed by atoms with E-state index in [9.17, 15) is 14.7 Å². The third kappa shape index (κ3) is 6.21. The lowest BCUT2D eigenvalue weighted by atomic mass is 9.74. The molecule has 6 heteroatoms. The Kier molecular flexibility index (Phi) is 8.74. The monoisotopic (exact) mass is 389 g/mol. The summed E-state index contributed by atoms with van der Waals surface area (Å²) in [6.45, 7) is 2.97. The Morgan fingerprint density at radius 1 is 1.18 bits per heavy atom. The number of nitrogens with zero attached hydrogens (tertiary/aromatic N) is 2. The highest BCUT2D eigenvalue weighted by Gasteiger charge is 2.38. The minimum Gasteiger partial charge on any atom is -0.481 e. The summed E-state index contributed by atoms with van der Waals surface area (Å²) < 4.78 is 0. The predicted molar refractivity (Wildman–Crippen MR) is 112 cm³/mol. The van der Waals surface area contributed by atoms with Gasteiger partial charge in [-0.1, -0.05) is 45.4 Å². The number of piperidine rings is 1. The van der Waals surface area contributed by atoms with E-state index in [1.54, 1.807) is 30.3 Å². The summed E-state index contributed by atoms with van der Waals surface area (Å²) in [5, 5.41) is 9.64. The first-order chi connectivity index (χ1) is 13.5. The van der Waals surface area contributed by atoms with Crippen LogP contribution >= 0.6 is 0 Å². The molecule has 2 fully saturated rings. The third-order valence-corrected chi connectivity index (χ3v) is 5.99. The quantitative estimate of drug-likeness (QED) is 0.396. The minimum absolute atomic E-state index is 0.0709. The van der Waals surface area contributed by atoms with Crippen molar-refractivity contribution in [2.75, 3.05) is 20.1 Å². The molecule has 1 aliphatic heterocycles. The molecule has 1 saturated carbocycles. The zero-order chi connectivity index (χ0) is 20.5.